The minimum absolute atomic E-state index is 0.0504. The van der Waals surface area contributed by atoms with Gasteiger partial charge in [0, 0.05) is 18.8 Å². The van der Waals surface area contributed by atoms with E-state index in [4.69, 9.17) is 10.5 Å². The van der Waals surface area contributed by atoms with Gasteiger partial charge in [-0.15, -0.1) is 0 Å². The van der Waals surface area contributed by atoms with Gasteiger partial charge in [-0.3, -0.25) is 0 Å². The van der Waals surface area contributed by atoms with Crippen LogP contribution < -0.4 is 10.5 Å². The summed E-state index contributed by atoms with van der Waals surface area (Å²) in [6.07, 6.45) is 1.64. The fourth-order valence-corrected chi connectivity index (χ4v) is 2.29. The number of hydrogen-bond donors (Lipinski definition) is 2. The highest BCUT2D eigenvalue weighted by atomic mass is 16.5. The van der Waals surface area contributed by atoms with Crippen molar-refractivity contribution in [1.82, 2.24) is 19.7 Å². The highest BCUT2D eigenvalue weighted by Crippen LogP contribution is 2.34. The highest BCUT2D eigenvalue weighted by molar-refractivity contribution is 5.92. The minimum atomic E-state index is -0.0504. The first-order chi connectivity index (χ1) is 10.1. The van der Waals surface area contributed by atoms with Crippen molar-refractivity contribution in [2.24, 2.45) is 7.05 Å². The summed E-state index contributed by atoms with van der Waals surface area (Å²) in [4.78, 5) is 8.22. The van der Waals surface area contributed by atoms with Gasteiger partial charge in [-0.05, 0) is 17.7 Å². The summed E-state index contributed by atoms with van der Waals surface area (Å²) in [5, 5.41) is 14.6. The molecule has 0 aliphatic carbocycles. The van der Waals surface area contributed by atoms with Crippen molar-refractivity contribution in [3.8, 4) is 17.0 Å². The van der Waals surface area contributed by atoms with Crippen LogP contribution in [0.4, 0.5) is 5.95 Å². The van der Waals surface area contributed by atoms with Crippen LogP contribution in [-0.2, 0) is 13.7 Å². The number of aliphatic hydroxyl groups is 1. The van der Waals surface area contributed by atoms with Gasteiger partial charge >= 0.3 is 0 Å². The number of aromatic nitrogens is 4. The maximum Gasteiger partial charge on any atom is 0.222 e. The Morgan fingerprint density at radius 1 is 1.38 bits per heavy atom. The van der Waals surface area contributed by atoms with E-state index in [-0.39, 0.29) is 12.6 Å². The molecule has 0 amide bonds. The average Bonchev–Trinajstić information content (AvgIpc) is 2.83. The molecule has 0 unspecified atom stereocenters. The Morgan fingerprint density at radius 3 is 2.90 bits per heavy atom. The van der Waals surface area contributed by atoms with Crippen LogP contribution in [0.25, 0.3) is 22.3 Å². The summed E-state index contributed by atoms with van der Waals surface area (Å²) in [6.45, 7) is -0.0504. The quantitative estimate of drug-likeness (QED) is 0.748. The summed E-state index contributed by atoms with van der Waals surface area (Å²) in [5.74, 6) is 0.872. The van der Waals surface area contributed by atoms with Gasteiger partial charge in [0.15, 0.2) is 5.65 Å². The first kappa shape index (κ1) is 13.3. The molecule has 1 aromatic carbocycles. The second-order valence-corrected chi connectivity index (χ2v) is 4.63. The zero-order valence-corrected chi connectivity index (χ0v) is 11.7. The van der Waals surface area contributed by atoms with Crippen LogP contribution in [0.5, 0.6) is 5.75 Å². The van der Waals surface area contributed by atoms with Gasteiger partial charge in [0.2, 0.25) is 5.95 Å². The van der Waals surface area contributed by atoms with E-state index >= 15 is 0 Å². The lowest BCUT2D eigenvalue weighted by Gasteiger charge is -2.08. The fraction of sp³-hybridized carbons (Fsp3) is 0.214. The lowest BCUT2D eigenvalue weighted by molar-refractivity contribution is 0.281. The number of aryl methyl sites for hydroxylation is 1. The average molecular weight is 285 g/mol. The Morgan fingerprint density at radius 2 is 2.19 bits per heavy atom. The monoisotopic (exact) mass is 285 g/mol. The van der Waals surface area contributed by atoms with Gasteiger partial charge in [0.05, 0.1) is 19.1 Å². The topological polar surface area (TPSA) is 99.1 Å². The van der Waals surface area contributed by atoms with Gasteiger partial charge in [-0.1, -0.05) is 6.07 Å². The third-order valence-electron chi connectivity index (χ3n) is 3.30. The van der Waals surface area contributed by atoms with Crippen LogP contribution >= 0.6 is 0 Å². The minimum Gasteiger partial charge on any atom is -0.496 e. The molecule has 3 N–H and O–H groups in total. The maximum atomic E-state index is 9.32. The number of hydrogen-bond acceptors (Lipinski definition) is 6. The van der Waals surface area contributed by atoms with Crippen LogP contribution in [0.2, 0.25) is 0 Å². The van der Waals surface area contributed by atoms with E-state index in [9.17, 15) is 5.11 Å². The molecule has 0 saturated heterocycles. The van der Waals surface area contributed by atoms with Gasteiger partial charge in [0.25, 0.3) is 0 Å². The summed E-state index contributed by atoms with van der Waals surface area (Å²) < 4.78 is 7.03. The number of nitrogen functional groups attached to an aromatic ring is 1. The van der Waals surface area contributed by atoms with E-state index in [1.165, 1.54) is 0 Å². The van der Waals surface area contributed by atoms with Crippen LogP contribution in [-0.4, -0.2) is 32.0 Å². The molecule has 108 valence electrons. The molecule has 2 heterocycles. The van der Waals surface area contributed by atoms with Gasteiger partial charge < -0.3 is 15.6 Å². The third-order valence-corrected chi connectivity index (χ3v) is 3.30. The lowest BCUT2D eigenvalue weighted by Crippen LogP contribution is -1.97. The number of nitrogens with two attached hydrogens (primary N) is 1. The molecular weight excluding hydrogens is 270 g/mol. The Bertz CT molecular complexity index is 812. The van der Waals surface area contributed by atoms with Crippen molar-refractivity contribution in [3.63, 3.8) is 0 Å². The summed E-state index contributed by atoms with van der Waals surface area (Å²) in [5.41, 5.74) is 8.52. The molecule has 0 atom stereocenters. The highest BCUT2D eigenvalue weighted by Gasteiger charge is 2.16. The van der Waals surface area contributed by atoms with Gasteiger partial charge in [-0.2, -0.15) is 10.1 Å². The maximum absolute atomic E-state index is 9.32. The van der Waals surface area contributed by atoms with Crippen molar-refractivity contribution in [2.75, 3.05) is 12.8 Å². The molecule has 7 nitrogen and oxygen atoms in total. The summed E-state index contributed by atoms with van der Waals surface area (Å²) >= 11 is 0. The van der Waals surface area contributed by atoms with Crippen LogP contribution in [0.1, 0.15) is 5.56 Å². The van der Waals surface area contributed by atoms with E-state index in [1.807, 2.05) is 12.1 Å². The molecule has 3 rings (SSSR count). The Balaban J connectivity index is 2.30. The van der Waals surface area contributed by atoms with Crippen LogP contribution in [0.15, 0.2) is 24.4 Å². The molecule has 0 saturated carbocycles. The Labute approximate surface area is 121 Å². The molecule has 2 aromatic heterocycles. The fourth-order valence-electron chi connectivity index (χ4n) is 2.29. The van der Waals surface area contributed by atoms with Crippen molar-refractivity contribution in [2.45, 2.75) is 6.61 Å². The first-order valence-corrected chi connectivity index (χ1v) is 6.37. The summed E-state index contributed by atoms with van der Waals surface area (Å²) in [6, 6.07) is 5.46. The molecule has 0 fully saturated rings. The zero-order chi connectivity index (χ0) is 15.0. The second-order valence-electron chi connectivity index (χ2n) is 4.63. The van der Waals surface area contributed by atoms with E-state index in [0.29, 0.717) is 17.1 Å². The number of nitrogens with zero attached hydrogens (tertiary/aromatic N) is 4. The normalized spacial score (nSPS) is 11.0. The van der Waals surface area contributed by atoms with E-state index in [2.05, 4.69) is 15.1 Å². The number of rotatable bonds is 3. The van der Waals surface area contributed by atoms with Gasteiger partial charge in [-0.25, -0.2) is 9.67 Å². The molecule has 0 bridgehead atoms. The van der Waals surface area contributed by atoms with E-state index in [0.717, 1.165) is 16.5 Å². The molecular formula is C14H15N5O2. The van der Waals surface area contributed by atoms with E-state index in [1.54, 1.807) is 31.1 Å². The smallest absolute Gasteiger partial charge is 0.222 e. The second kappa shape index (κ2) is 5.02. The van der Waals surface area contributed by atoms with Crippen LogP contribution in [0.3, 0.4) is 0 Å². The molecule has 0 aliphatic rings. The van der Waals surface area contributed by atoms with Crippen molar-refractivity contribution in [1.29, 1.82) is 0 Å². The third kappa shape index (κ3) is 2.17. The van der Waals surface area contributed by atoms with Crippen molar-refractivity contribution < 1.29 is 9.84 Å². The van der Waals surface area contributed by atoms with Gasteiger partial charge in [0.1, 0.15) is 11.4 Å². The number of anilines is 1. The molecule has 3 aromatic rings. The molecule has 21 heavy (non-hydrogen) atoms. The Kier molecular flexibility index (Phi) is 3.19. The molecule has 7 heteroatoms. The number of methoxy groups -OCH3 is 1. The molecule has 0 spiro atoms. The summed E-state index contributed by atoms with van der Waals surface area (Å²) in [7, 11) is 3.39. The Hall–Kier alpha value is -2.67. The van der Waals surface area contributed by atoms with Crippen molar-refractivity contribution >= 4 is 17.0 Å². The standard InChI is InChI=1S/C14H15N5O2/c1-19-13-10(6-16-14(15)17-13)12(18-19)9-5-8(7-20)3-4-11(9)21-2/h3-6,20H,7H2,1-2H3,(H2,15,16,17). The van der Waals surface area contributed by atoms with Crippen molar-refractivity contribution in [3.05, 3.63) is 30.0 Å². The molecule has 0 radical (unpaired) electrons. The largest absolute Gasteiger partial charge is 0.496 e. The lowest BCUT2D eigenvalue weighted by atomic mass is 10.1. The zero-order valence-electron chi connectivity index (χ0n) is 11.7. The first-order valence-electron chi connectivity index (χ1n) is 6.37. The van der Waals surface area contributed by atoms with E-state index < -0.39 is 0 Å². The number of aliphatic hydroxyl groups excluding tert-OH is 1. The number of benzene rings is 1. The molecule has 0 aliphatic heterocycles. The van der Waals surface area contributed by atoms with Crippen LogP contribution in [0, 0.1) is 0 Å². The number of fused-ring (bicyclic) bond motifs is 1. The predicted molar refractivity (Wildman–Crippen MR) is 78.6 cm³/mol. The SMILES string of the molecule is COc1ccc(CO)cc1-c1nn(C)c2nc(N)ncc12. The number of ether oxygens (including phenoxy) is 1. The predicted octanol–water partition coefficient (Wildman–Crippen LogP) is 1.11.